The lowest BCUT2D eigenvalue weighted by molar-refractivity contribution is -0.132. The van der Waals surface area contributed by atoms with Crippen molar-refractivity contribution in [2.45, 2.75) is 33.7 Å². The van der Waals surface area contributed by atoms with Gasteiger partial charge < -0.3 is 9.80 Å². The van der Waals surface area contributed by atoms with Crippen molar-refractivity contribution in [3.63, 3.8) is 0 Å². The maximum absolute atomic E-state index is 12.1. The molecule has 0 aliphatic rings. The predicted octanol–water partition coefficient (Wildman–Crippen LogP) is 3.15. The van der Waals surface area contributed by atoms with E-state index in [0.29, 0.717) is 18.9 Å². The van der Waals surface area contributed by atoms with Gasteiger partial charge in [0.15, 0.2) is 0 Å². The zero-order valence-electron chi connectivity index (χ0n) is 12.8. The molecule has 0 saturated carbocycles. The van der Waals surface area contributed by atoms with Gasteiger partial charge in [0.25, 0.3) is 0 Å². The Balaban J connectivity index is 2.67. The third kappa shape index (κ3) is 4.93. The topological polar surface area (TPSA) is 23.6 Å². The average Bonchev–Trinajstić information content (AvgIpc) is 2.35. The van der Waals surface area contributed by atoms with Gasteiger partial charge in [-0.3, -0.25) is 4.79 Å². The van der Waals surface area contributed by atoms with Crippen LogP contribution in [0.3, 0.4) is 0 Å². The Morgan fingerprint density at radius 2 is 1.74 bits per heavy atom. The van der Waals surface area contributed by atoms with Crippen molar-refractivity contribution >= 4 is 11.6 Å². The maximum atomic E-state index is 12.1. The molecule has 0 atom stereocenters. The standard InChI is InChI=1S/C16H26N2O/c1-6-18(16(19)11-13(2)3)12-14-7-9-15(10-8-14)17(4)5/h7-10,13H,6,11-12H2,1-5H3. The highest BCUT2D eigenvalue weighted by molar-refractivity contribution is 5.76. The smallest absolute Gasteiger partial charge is 0.223 e. The van der Waals surface area contributed by atoms with Crippen molar-refractivity contribution in [1.29, 1.82) is 0 Å². The fourth-order valence-electron chi connectivity index (χ4n) is 1.97. The first-order valence-electron chi connectivity index (χ1n) is 6.98. The fourth-order valence-corrected chi connectivity index (χ4v) is 1.97. The number of carbonyl (C=O) groups excluding carboxylic acids is 1. The highest BCUT2D eigenvalue weighted by Crippen LogP contribution is 2.14. The van der Waals surface area contributed by atoms with Crippen LogP contribution in [0.25, 0.3) is 0 Å². The van der Waals surface area contributed by atoms with Crippen LogP contribution in [0, 0.1) is 5.92 Å². The van der Waals surface area contributed by atoms with Crippen LogP contribution in [0.4, 0.5) is 5.69 Å². The van der Waals surface area contributed by atoms with Crippen molar-refractivity contribution < 1.29 is 4.79 Å². The predicted molar refractivity (Wildman–Crippen MR) is 81.3 cm³/mol. The van der Waals surface area contributed by atoms with E-state index < -0.39 is 0 Å². The molecule has 0 heterocycles. The first-order valence-corrected chi connectivity index (χ1v) is 6.98. The molecule has 1 aromatic carbocycles. The lowest BCUT2D eigenvalue weighted by Gasteiger charge is -2.22. The maximum Gasteiger partial charge on any atom is 0.223 e. The Labute approximate surface area is 117 Å². The van der Waals surface area contributed by atoms with E-state index in [4.69, 9.17) is 0 Å². The molecule has 3 heteroatoms. The molecule has 3 nitrogen and oxygen atoms in total. The van der Waals surface area contributed by atoms with Crippen molar-refractivity contribution in [1.82, 2.24) is 4.90 Å². The lowest BCUT2D eigenvalue weighted by Crippen LogP contribution is -2.31. The van der Waals surface area contributed by atoms with E-state index in [9.17, 15) is 4.79 Å². The Morgan fingerprint density at radius 3 is 2.16 bits per heavy atom. The van der Waals surface area contributed by atoms with E-state index in [0.717, 1.165) is 6.54 Å². The van der Waals surface area contributed by atoms with Crippen LogP contribution in [-0.2, 0) is 11.3 Å². The van der Waals surface area contributed by atoms with Crippen LogP contribution in [0.2, 0.25) is 0 Å². The monoisotopic (exact) mass is 262 g/mol. The molecule has 1 rings (SSSR count). The summed E-state index contributed by atoms with van der Waals surface area (Å²) in [5.41, 5.74) is 2.37. The second-order valence-electron chi connectivity index (χ2n) is 5.57. The van der Waals surface area contributed by atoms with Crippen molar-refractivity contribution in [3.05, 3.63) is 29.8 Å². The average molecular weight is 262 g/mol. The third-order valence-corrected chi connectivity index (χ3v) is 3.14. The highest BCUT2D eigenvalue weighted by Gasteiger charge is 2.13. The summed E-state index contributed by atoms with van der Waals surface area (Å²) in [6.07, 6.45) is 0.629. The summed E-state index contributed by atoms with van der Waals surface area (Å²) in [5.74, 6) is 0.659. The van der Waals surface area contributed by atoms with Crippen LogP contribution in [0.1, 0.15) is 32.8 Å². The molecule has 19 heavy (non-hydrogen) atoms. The van der Waals surface area contributed by atoms with Gasteiger partial charge in [-0.25, -0.2) is 0 Å². The van der Waals surface area contributed by atoms with Crippen LogP contribution in [0.15, 0.2) is 24.3 Å². The molecule has 1 aromatic rings. The Bertz CT molecular complexity index is 396. The second kappa shape index (κ2) is 7.17. The molecule has 0 aliphatic heterocycles. The number of rotatable bonds is 6. The van der Waals surface area contributed by atoms with Gasteiger partial charge in [0.2, 0.25) is 5.91 Å². The van der Waals surface area contributed by atoms with Gasteiger partial charge in [0, 0.05) is 39.3 Å². The van der Waals surface area contributed by atoms with Crippen LogP contribution in [0.5, 0.6) is 0 Å². The minimum absolute atomic E-state index is 0.245. The van der Waals surface area contributed by atoms with E-state index in [1.165, 1.54) is 11.3 Å². The van der Waals surface area contributed by atoms with Crippen LogP contribution >= 0.6 is 0 Å². The highest BCUT2D eigenvalue weighted by atomic mass is 16.2. The Kier molecular flexibility index (Phi) is 5.87. The Morgan fingerprint density at radius 1 is 1.16 bits per heavy atom. The summed E-state index contributed by atoms with van der Waals surface area (Å²) >= 11 is 0. The zero-order chi connectivity index (χ0) is 14.4. The van der Waals surface area contributed by atoms with Crippen molar-refractivity contribution in [2.75, 3.05) is 25.5 Å². The number of benzene rings is 1. The van der Waals surface area contributed by atoms with Gasteiger partial charge in [0.05, 0.1) is 0 Å². The molecule has 1 amide bonds. The van der Waals surface area contributed by atoms with Crippen LogP contribution < -0.4 is 4.90 Å². The summed E-state index contributed by atoms with van der Waals surface area (Å²) < 4.78 is 0. The molecule has 106 valence electrons. The first-order chi connectivity index (χ1) is 8.93. The number of nitrogens with zero attached hydrogens (tertiary/aromatic N) is 2. The SMILES string of the molecule is CCN(Cc1ccc(N(C)C)cc1)C(=O)CC(C)C. The molecule has 0 aliphatic carbocycles. The van der Waals surface area contributed by atoms with Gasteiger partial charge >= 0.3 is 0 Å². The summed E-state index contributed by atoms with van der Waals surface area (Å²) in [5, 5.41) is 0. The van der Waals surface area contributed by atoms with Gasteiger partial charge in [-0.1, -0.05) is 26.0 Å². The van der Waals surface area contributed by atoms with Crippen molar-refractivity contribution in [2.24, 2.45) is 5.92 Å². The van der Waals surface area contributed by atoms with E-state index in [1.54, 1.807) is 0 Å². The zero-order valence-corrected chi connectivity index (χ0v) is 12.8. The largest absolute Gasteiger partial charge is 0.378 e. The molecule has 0 unspecified atom stereocenters. The number of carbonyl (C=O) groups is 1. The number of amides is 1. The number of hydrogen-bond donors (Lipinski definition) is 0. The molecule has 0 aromatic heterocycles. The minimum Gasteiger partial charge on any atom is -0.378 e. The minimum atomic E-state index is 0.245. The number of hydrogen-bond acceptors (Lipinski definition) is 2. The first kappa shape index (κ1) is 15.5. The molecule has 0 spiro atoms. The fraction of sp³-hybridized carbons (Fsp3) is 0.562. The van der Waals surface area contributed by atoms with Gasteiger partial charge in [-0.15, -0.1) is 0 Å². The summed E-state index contributed by atoms with van der Waals surface area (Å²) in [7, 11) is 4.05. The van der Waals surface area contributed by atoms with Gasteiger partial charge in [-0.2, -0.15) is 0 Å². The normalized spacial score (nSPS) is 10.6. The van der Waals surface area contributed by atoms with E-state index in [1.807, 2.05) is 25.9 Å². The molecule has 0 radical (unpaired) electrons. The van der Waals surface area contributed by atoms with E-state index in [2.05, 4.69) is 43.0 Å². The van der Waals surface area contributed by atoms with Gasteiger partial charge in [0.1, 0.15) is 0 Å². The van der Waals surface area contributed by atoms with Crippen molar-refractivity contribution in [3.8, 4) is 0 Å². The molecular formula is C16H26N2O. The quantitative estimate of drug-likeness (QED) is 0.786. The molecule has 0 fully saturated rings. The van der Waals surface area contributed by atoms with E-state index in [-0.39, 0.29) is 5.91 Å². The summed E-state index contributed by atoms with van der Waals surface area (Å²) in [6, 6.07) is 8.38. The second-order valence-corrected chi connectivity index (χ2v) is 5.57. The molecule has 0 saturated heterocycles. The Hall–Kier alpha value is -1.51. The summed E-state index contributed by atoms with van der Waals surface area (Å²) in [6.45, 7) is 7.67. The molecular weight excluding hydrogens is 236 g/mol. The van der Waals surface area contributed by atoms with Crippen LogP contribution in [-0.4, -0.2) is 31.4 Å². The molecule has 0 bridgehead atoms. The van der Waals surface area contributed by atoms with E-state index >= 15 is 0 Å². The molecule has 0 N–H and O–H groups in total. The third-order valence-electron chi connectivity index (χ3n) is 3.14. The lowest BCUT2D eigenvalue weighted by atomic mass is 10.1. The van der Waals surface area contributed by atoms with Gasteiger partial charge in [-0.05, 0) is 30.5 Å². The summed E-state index contributed by atoms with van der Waals surface area (Å²) in [4.78, 5) is 16.1. The number of anilines is 1.